The second kappa shape index (κ2) is 6.87. The number of aromatic nitrogens is 1. The van der Waals surface area contributed by atoms with E-state index in [4.69, 9.17) is 11.6 Å². The van der Waals surface area contributed by atoms with Gasteiger partial charge in [-0.15, -0.1) is 0 Å². The first-order chi connectivity index (χ1) is 9.60. The van der Waals surface area contributed by atoms with Crippen molar-refractivity contribution in [2.24, 2.45) is 0 Å². The van der Waals surface area contributed by atoms with Gasteiger partial charge in [0.1, 0.15) is 0 Å². The predicted molar refractivity (Wildman–Crippen MR) is 85.3 cm³/mol. The van der Waals surface area contributed by atoms with Crippen LogP contribution in [-0.2, 0) is 6.42 Å². The summed E-state index contributed by atoms with van der Waals surface area (Å²) >= 11 is 6.11. The van der Waals surface area contributed by atoms with Gasteiger partial charge in [0.05, 0.1) is 0 Å². The van der Waals surface area contributed by atoms with Gasteiger partial charge >= 0.3 is 0 Å². The van der Waals surface area contributed by atoms with Crippen LogP contribution in [0.2, 0.25) is 5.02 Å². The molecule has 0 radical (unpaired) electrons. The Balaban J connectivity index is 2.21. The van der Waals surface area contributed by atoms with Crippen LogP contribution in [-0.4, -0.2) is 11.5 Å². The molecule has 0 saturated carbocycles. The molecule has 2 aromatic rings. The standard InChI is InChI=1S/C17H21ClN2/c1-4-19-17(10-15-7-5-12(2)11-20-15)14-6-8-16(18)13(3)9-14/h5-9,11,17,19H,4,10H2,1-3H3. The van der Waals surface area contributed by atoms with Crippen molar-refractivity contribution in [3.05, 3.63) is 63.9 Å². The summed E-state index contributed by atoms with van der Waals surface area (Å²) in [7, 11) is 0. The van der Waals surface area contributed by atoms with Crippen LogP contribution in [0.1, 0.15) is 35.3 Å². The summed E-state index contributed by atoms with van der Waals surface area (Å²) in [5.74, 6) is 0. The van der Waals surface area contributed by atoms with E-state index in [2.05, 4.69) is 48.4 Å². The third-order valence-electron chi connectivity index (χ3n) is 3.42. The molecule has 20 heavy (non-hydrogen) atoms. The maximum absolute atomic E-state index is 6.11. The maximum atomic E-state index is 6.11. The fraction of sp³-hybridized carbons (Fsp3) is 0.353. The topological polar surface area (TPSA) is 24.9 Å². The first-order valence-electron chi connectivity index (χ1n) is 7.01. The highest BCUT2D eigenvalue weighted by atomic mass is 35.5. The van der Waals surface area contributed by atoms with Crippen LogP contribution in [0.4, 0.5) is 0 Å². The molecule has 1 aromatic heterocycles. The molecule has 0 aliphatic rings. The van der Waals surface area contributed by atoms with E-state index in [-0.39, 0.29) is 6.04 Å². The van der Waals surface area contributed by atoms with Gasteiger partial charge in [0.15, 0.2) is 0 Å². The van der Waals surface area contributed by atoms with E-state index >= 15 is 0 Å². The number of benzene rings is 1. The first-order valence-corrected chi connectivity index (χ1v) is 7.39. The van der Waals surface area contributed by atoms with E-state index in [0.29, 0.717) is 0 Å². The number of halogens is 1. The van der Waals surface area contributed by atoms with Crippen molar-refractivity contribution in [3.63, 3.8) is 0 Å². The Bertz CT molecular complexity index is 564. The minimum Gasteiger partial charge on any atom is -0.310 e. The van der Waals surface area contributed by atoms with E-state index < -0.39 is 0 Å². The molecule has 1 unspecified atom stereocenters. The van der Waals surface area contributed by atoms with E-state index in [0.717, 1.165) is 29.2 Å². The fourth-order valence-electron chi connectivity index (χ4n) is 2.27. The molecule has 0 amide bonds. The van der Waals surface area contributed by atoms with Gasteiger partial charge in [0, 0.05) is 29.4 Å². The van der Waals surface area contributed by atoms with Crippen LogP contribution in [0.3, 0.4) is 0 Å². The van der Waals surface area contributed by atoms with Crippen LogP contribution in [0.5, 0.6) is 0 Å². The predicted octanol–water partition coefficient (Wildman–Crippen LogP) is 4.25. The normalized spacial score (nSPS) is 12.4. The van der Waals surface area contributed by atoms with Crippen LogP contribution >= 0.6 is 11.6 Å². The average Bonchev–Trinajstić information content (AvgIpc) is 2.44. The lowest BCUT2D eigenvalue weighted by molar-refractivity contribution is 0.544. The number of aryl methyl sites for hydroxylation is 2. The summed E-state index contributed by atoms with van der Waals surface area (Å²) in [6.45, 7) is 7.15. The van der Waals surface area contributed by atoms with E-state index in [1.807, 2.05) is 19.2 Å². The second-order valence-electron chi connectivity index (χ2n) is 5.15. The van der Waals surface area contributed by atoms with Crippen molar-refractivity contribution < 1.29 is 0 Å². The summed E-state index contributed by atoms with van der Waals surface area (Å²) < 4.78 is 0. The highest BCUT2D eigenvalue weighted by Crippen LogP contribution is 2.23. The van der Waals surface area contributed by atoms with Gasteiger partial charge in [0.2, 0.25) is 0 Å². The van der Waals surface area contributed by atoms with Crippen molar-refractivity contribution in [2.75, 3.05) is 6.54 Å². The highest BCUT2D eigenvalue weighted by molar-refractivity contribution is 6.31. The molecule has 1 heterocycles. The number of pyridine rings is 1. The zero-order chi connectivity index (χ0) is 14.5. The van der Waals surface area contributed by atoms with E-state index in [1.165, 1.54) is 11.1 Å². The van der Waals surface area contributed by atoms with E-state index in [9.17, 15) is 0 Å². The van der Waals surface area contributed by atoms with Crippen molar-refractivity contribution in [3.8, 4) is 0 Å². The van der Waals surface area contributed by atoms with E-state index in [1.54, 1.807) is 0 Å². The molecule has 0 fully saturated rings. The summed E-state index contributed by atoms with van der Waals surface area (Å²) in [4.78, 5) is 4.50. The number of hydrogen-bond donors (Lipinski definition) is 1. The largest absolute Gasteiger partial charge is 0.310 e. The lowest BCUT2D eigenvalue weighted by Gasteiger charge is -2.19. The van der Waals surface area contributed by atoms with Crippen LogP contribution in [0.15, 0.2) is 36.5 Å². The Hall–Kier alpha value is -1.38. The third kappa shape index (κ3) is 3.81. The Morgan fingerprint density at radius 1 is 1.20 bits per heavy atom. The molecule has 0 aliphatic heterocycles. The molecule has 3 heteroatoms. The molecule has 0 spiro atoms. The molecule has 0 bridgehead atoms. The van der Waals surface area contributed by atoms with Crippen LogP contribution < -0.4 is 5.32 Å². The van der Waals surface area contributed by atoms with Gasteiger partial charge in [-0.25, -0.2) is 0 Å². The minimum absolute atomic E-state index is 0.270. The number of rotatable bonds is 5. The SMILES string of the molecule is CCNC(Cc1ccc(C)cn1)c1ccc(Cl)c(C)c1. The third-order valence-corrected chi connectivity index (χ3v) is 3.84. The number of nitrogens with one attached hydrogen (secondary N) is 1. The van der Waals surface area contributed by atoms with Crippen molar-refractivity contribution in [1.82, 2.24) is 10.3 Å². The monoisotopic (exact) mass is 288 g/mol. The number of likely N-dealkylation sites (N-methyl/N-ethyl adjacent to an activating group) is 1. The van der Waals surface area contributed by atoms with Crippen LogP contribution in [0, 0.1) is 13.8 Å². The molecular weight excluding hydrogens is 268 g/mol. The molecule has 0 saturated heterocycles. The fourth-order valence-corrected chi connectivity index (χ4v) is 2.38. The van der Waals surface area contributed by atoms with Crippen molar-refractivity contribution >= 4 is 11.6 Å². The first kappa shape index (κ1) is 15.0. The molecule has 2 nitrogen and oxygen atoms in total. The van der Waals surface area contributed by atoms with Gasteiger partial charge in [-0.05, 0) is 49.2 Å². The zero-order valence-electron chi connectivity index (χ0n) is 12.3. The number of nitrogens with zero attached hydrogens (tertiary/aromatic N) is 1. The van der Waals surface area contributed by atoms with Gasteiger partial charge in [-0.2, -0.15) is 0 Å². The molecule has 1 atom stereocenters. The van der Waals surface area contributed by atoms with Gasteiger partial charge < -0.3 is 5.32 Å². The highest BCUT2D eigenvalue weighted by Gasteiger charge is 2.12. The quantitative estimate of drug-likeness (QED) is 0.890. The Labute approximate surface area is 126 Å². The molecule has 1 N–H and O–H groups in total. The number of hydrogen-bond acceptors (Lipinski definition) is 2. The summed E-state index contributed by atoms with van der Waals surface area (Å²) in [5.41, 5.74) is 4.67. The lowest BCUT2D eigenvalue weighted by Crippen LogP contribution is -2.23. The zero-order valence-corrected chi connectivity index (χ0v) is 13.0. The Morgan fingerprint density at radius 2 is 2.00 bits per heavy atom. The van der Waals surface area contributed by atoms with Crippen molar-refractivity contribution in [1.29, 1.82) is 0 Å². The summed E-state index contributed by atoms with van der Waals surface area (Å²) in [5, 5.41) is 4.34. The Kier molecular flexibility index (Phi) is 5.16. The smallest absolute Gasteiger partial charge is 0.0435 e. The molecule has 106 valence electrons. The summed E-state index contributed by atoms with van der Waals surface area (Å²) in [6.07, 6.45) is 2.81. The lowest BCUT2D eigenvalue weighted by atomic mass is 9.99. The molecule has 2 rings (SSSR count). The van der Waals surface area contributed by atoms with Gasteiger partial charge in [-0.3, -0.25) is 4.98 Å². The second-order valence-corrected chi connectivity index (χ2v) is 5.56. The average molecular weight is 289 g/mol. The van der Waals surface area contributed by atoms with Crippen LogP contribution in [0.25, 0.3) is 0 Å². The summed E-state index contributed by atoms with van der Waals surface area (Å²) in [6, 6.07) is 10.7. The molecule has 0 aliphatic carbocycles. The van der Waals surface area contributed by atoms with Crippen molar-refractivity contribution in [2.45, 2.75) is 33.2 Å². The molecule has 1 aromatic carbocycles. The maximum Gasteiger partial charge on any atom is 0.0435 e. The van der Waals surface area contributed by atoms with Gasteiger partial charge in [-0.1, -0.05) is 36.7 Å². The van der Waals surface area contributed by atoms with Gasteiger partial charge in [0.25, 0.3) is 0 Å². The molecular formula is C17H21ClN2. The minimum atomic E-state index is 0.270. The Morgan fingerprint density at radius 3 is 2.60 bits per heavy atom.